The van der Waals surface area contributed by atoms with E-state index >= 15 is 0 Å². The minimum atomic E-state index is -3.88. The lowest BCUT2D eigenvalue weighted by Gasteiger charge is -2.17. The van der Waals surface area contributed by atoms with Crippen molar-refractivity contribution in [1.29, 1.82) is 0 Å². The molecule has 7 nitrogen and oxygen atoms in total. The topological polar surface area (TPSA) is 101 Å². The fraction of sp³-hybridized carbons (Fsp3) is 0.0833. The van der Waals surface area contributed by atoms with Crippen LogP contribution in [0.5, 0.6) is 5.75 Å². The number of carbonyl (C=O) groups excluding carboxylic acids is 1. The molecule has 5 aromatic rings. The average Bonchev–Trinajstić information content (AvgIpc) is 3.44. The molecule has 0 unspecified atom stereocenters. The highest BCUT2D eigenvalue weighted by atomic mass is 32.2. The number of rotatable bonds is 4. The lowest BCUT2D eigenvalue weighted by atomic mass is 10.1. The summed E-state index contributed by atoms with van der Waals surface area (Å²) in [6.07, 6.45) is 1.83. The Morgan fingerprint density at radius 2 is 1.91 bits per heavy atom. The fourth-order valence-corrected chi connectivity index (χ4v) is 6.24. The lowest BCUT2D eigenvalue weighted by Crippen LogP contribution is -2.21. The summed E-state index contributed by atoms with van der Waals surface area (Å²) >= 11 is 1.64. The second-order valence-corrected chi connectivity index (χ2v) is 10.7. The number of ketones is 1. The smallest absolute Gasteiger partial charge is 0.261 e. The van der Waals surface area contributed by atoms with Crippen LogP contribution in [0, 0.1) is 0 Å². The molecule has 0 amide bonds. The largest absolute Gasteiger partial charge is 0.486 e. The predicted molar refractivity (Wildman–Crippen MR) is 128 cm³/mol. The molecule has 0 aliphatic carbocycles. The minimum Gasteiger partial charge on any atom is -0.486 e. The summed E-state index contributed by atoms with van der Waals surface area (Å²) in [5.41, 5.74) is 2.72. The Hall–Kier alpha value is -3.69. The lowest BCUT2D eigenvalue weighted by molar-refractivity contribution is -0.121. The molecule has 33 heavy (non-hydrogen) atoms. The Morgan fingerprint density at radius 3 is 2.79 bits per heavy atom. The minimum absolute atomic E-state index is 0.0164. The maximum Gasteiger partial charge on any atom is 0.261 e. The number of Topliss-reactive ketones (excluding diaryl/α,β-unsaturated/α-hetero) is 1. The van der Waals surface area contributed by atoms with Crippen molar-refractivity contribution in [2.45, 2.75) is 11.3 Å². The van der Waals surface area contributed by atoms with E-state index in [1.54, 1.807) is 29.7 Å². The van der Waals surface area contributed by atoms with Crippen LogP contribution in [-0.4, -0.2) is 31.0 Å². The molecule has 0 radical (unpaired) electrons. The summed E-state index contributed by atoms with van der Waals surface area (Å²) in [4.78, 5) is 12.8. The number of hydrogen-bond donors (Lipinski definition) is 2. The van der Waals surface area contributed by atoms with Crippen LogP contribution in [0.25, 0.3) is 31.4 Å². The Bertz CT molecular complexity index is 1630. The van der Waals surface area contributed by atoms with Gasteiger partial charge in [-0.15, -0.1) is 11.3 Å². The predicted octanol–water partition coefficient (Wildman–Crippen LogP) is 4.75. The zero-order chi connectivity index (χ0) is 22.6. The number of aromatic amines is 1. The monoisotopic (exact) mass is 475 g/mol. The number of thiophene rings is 1. The van der Waals surface area contributed by atoms with Crippen molar-refractivity contribution in [3.05, 3.63) is 72.4 Å². The van der Waals surface area contributed by atoms with Crippen molar-refractivity contribution >= 4 is 53.8 Å². The van der Waals surface area contributed by atoms with E-state index < -0.39 is 10.0 Å². The summed E-state index contributed by atoms with van der Waals surface area (Å²) in [6.45, 7) is 0.0164. The second-order valence-electron chi connectivity index (χ2n) is 7.89. The van der Waals surface area contributed by atoms with E-state index in [9.17, 15) is 13.2 Å². The van der Waals surface area contributed by atoms with Crippen LogP contribution in [-0.2, 0) is 21.2 Å². The van der Waals surface area contributed by atoms with Gasteiger partial charge in [0.1, 0.15) is 12.4 Å². The normalized spacial score (nSPS) is 13.8. The van der Waals surface area contributed by atoms with Crippen molar-refractivity contribution in [2.75, 3.05) is 11.3 Å². The van der Waals surface area contributed by atoms with E-state index in [1.807, 2.05) is 18.2 Å². The summed E-state index contributed by atoms with van der Waals surface area (Å²) < 4.78 is 35.6. The Balaban J connectivity index is 1.41. The molecule has 1 aliphatic heterocycles. The van der Waals surface area contributed by atoms with Crippen LogP contribution in [0.2, 0.25) is 0 Å². The number of nitrogens with zero attached hydrogens (tertiary/aromatic N) is 1. The number of benzene rings is 3. The first-order valence-electron chi connectivity index (χ1n) is 10.2. The average molecular weight is 476 g/mol. The first kappa shape index (κ1) is 20.0. The van der Waals surface area contributed by atoms with Gasteiger partial charge in [-0.3, -0.25) is 14.6 Å². The van der Waals surface area contributed by atoms with Gasteiger partial charge < -0.3 is 4.74 Å². The van der Waals surface area contributed by atoms with Gasteiger partial charge in [0.05, 0.1) is 22.3 Å². The number of ether oxygens (including phenoxy) is 1. The van der Waals surface area contributed by atoms with Crippen LogP contribution < -0.4 is 9.46 Å². The fourth-order valence-electron chi connectivity index (χ4n) is 4.06. The first-order valence-corrected chi connectivity index (χ1v) is 12.5. The van der Waals surface area contributed by atoms with Crippen molar-refractivity contribution < 1.29 is 17.9 Å². The number of sulfonamides is 1. The third kappa shape index (κ3) is 3.55. The molecule has 9 heteroatoms. The molecule has 6 rings (SSSR count). The van der Waals surface area contributed by atoms with Gasteiger partial charge >= 0.3 is 0 Å². The Labute approximate surface area is 193 Å². The van der Waals surface area contributed by atoms with E-state index in [2.05, 4.69) is 33.1 Å². The van der Waals surface area contributed by atoms with Crippen molar-refractivity contribution in [2.24, 2.45) is 0 Å². The van der Waals surface area contributed by atoms with E-state index in [0.717, 1.165) is 31.4 Å². The van der Waals surface area contributed by atoms with Gasteiger partial charge in [0.2, 0.25) is 0 Å². The van der Waals surface area contributed by atoms with Crippen LogP contribution in [0.15, 0.2) is 71.8 Å². The van der Waals surface area contributed by atoms with E-state index in [1.165, 1.54) is 12.1 Å². The van der Waals surface area contributed by atoms with Gasteiger partial charge in [0, 0.05) is 32.5 Å². The van der Waals surface area contributed by atoms with Crippen LogP contribution in [0.3, 0.4) is 0 Å². The number of H-pyrrole nitrogens is 1. The summed E-state index contributed by atoms with van der Waals surface area (Å²) in [5, 5.41) is 9.10. The zero-order valence-corrected chi connectivity index (χ0v) is 18.8. The van der Waals surface area contributed by atoms with Crippen molar-refractivity contribution in [3.63, 3.8) is 0 Å². The highest BCUT2D eigenvalue weighted by Crippen LogP contribution is 2.38. The summed E-state index contributed by atoms with van der Waals surface area (Å²) in [7, 11) is -3.88. The quantitative estimate of drug-likeness (QED) is 0.391. The Kier molecular flexibility index (Phi) is 4.49. The van der Waals surface area contributed by atoms with Crippen molar-refractivity contribution in [3.8, 4) is 16.2 Å². The molecule has 3 aromatic carbocycles. The maximum atomic E-state index is 13.2. The second kappa shape index (κ2) is 7.43. The molecular weight excluding hydrogens is 458 g/mol. The summed E-state index contributed by atoms with van der Waals surface area (Å²) in [5.74, 6) is 0.462. The number of aromatic nitrogens is 2. The van der Waals surface area contributed by atoms with Crippen molar-refractivity contribution in [1.82, 2.24) is 10.2 Å². The standard InChI is InChI=1S/C24H17N3O4S2/c28-18-8-15-9-19(5-6-21(15)31-13-18)33(29,30)27-17-7-16-12-25-26-24(16)20(11-17)23-10-14-3-1-2-4-22(14)32-23/h1-7,9-12,27H,8,13H2,(H,25,26). The van der Waals surface area contributed by atoms with E-state index in [-0.39, 0.29) is 23.7 Å². The zero-order valence-electron chi connectivity index (χ0n) is 17.2. The SMILES string of the molecule is O=C1COc2ccc(S(=O)(=O)Nc3cc(-c4cc5ccccc5s4)c4[nH]ncc4c3)cc2C1. The molecule has 0 saturated heterocycles. The number of fused-ring (bicyclic) bond motifs is 3. The molecule has 0 fully saturated rings. The van der Waals surface area contributed by atoms with Gasteiger partial charge in [-0.25, -0.2) is 8.42 Å². The molecule has 164 valence electrons. The molecule has 3 heterocycles. The van der Waals surface area contributed by atoms with Crippen LogP contribution in [0.4, 0.5) is 5.69 Å². The molecule has 0 atom stereocenters. The molecule has 0 spiro atoms. The van der Waals surface area contributed by atoms with Gasteiger partial charge in [-0.05, 0) is 47.9 Å². The summed E-state index contributed by atoms with van der Waals surface area (Å²) in [6, 6.07) is 18.3. The number of anilines is 1. The van der Waals surface area contributed by atoms with E-state index in [0.29, 0.717) is 17.0 Å². The highest BCUT2D eigenvalue weighted by Gasteiger charge is 2.22. The maximum absolute atomic E-state index is 13.2. The molecular formula is C24H17N3O4S2. The Morgan fingerprint density at radius 1 is 1.03 bits per heavy atom. The van der Waals surface area contributed by atoms with E-state index in [4.69, 9.17) is 4.74 Å². The van der Waals surface area contributed by atoms with Gasteiger partial charge in [0.25, 0.3) is 10.0 Å². The molecule has 0 saturated carbocycles. The third-order valence-corrected chi connectivity index (χ3v) is 8.14. The van der Waals surface area contributed by atoms with Gasteiger partial charge in [-0.2, -0.15) is 5.10 Å². The molecule has 0 bridgehead atoms. The molecule has 1 aliphatic rings. The molecule has 2 aromatic heterocycles. The highest BCUT2D eigenvalue weighted by molar-refractivity contribution is 7.92. The van der Waals surface area contributed by atoms with Gasteiger partial charge in [0.15, 0.2) is 5.78 Å². The number of nitrogens with one attached hydrogen (secondary N) is 2. The van der Waals surface area contributed by atoms with Crippen LogP contribution >= 0.6 is 11.3 Å². The third-order valence-electron chi connectivity index (χ3n) is 5.61. The number of carbonyl (C=O) groups is 1. The van der Waals surface area contributed by atoms with Crippen LogP contribution in [0.1, 0.15) is 5.56 Å². The molecule has 2 N–H and O–H groups in total. The number of hydrogen-bond acceptors (Lipinski definition) is 6. The first-order chi connectivity index (χ1) is 16.0. The van der Waals surface area contributed by atoms with Gasteiger partial charge in [-0.1, -0.05) is 18.2 Å².